The van der Waals surface area contributed by atoms with Gasteiger partial charge in [-0.1, -0.05) is 47.1 Å². The van der Waals surface area contributed by atoms with E-state index in [-0.39, 0.29) is 6.03 Å². The highest BCUT2D eigenvalue weighted by Crippen LogP contribution is 2.38. The Morgan fingerprint density at radius 3 is 2.48 bits per heavy atom. The van der Waals surface area contributed by atoms with E-state index in [4.69, 9.17) is 4.52 Å². The summed E-state index contributed by atoms with van der Waals surface area (Å²) in [4.78, 5) is 16.5. The number of urea groups is 1. The van der Waals surface area contributed by atoms with Crippen LogP contribution >= 0.6 is 0 Å². The fourth-order valence-corrected chi connectivity index (χ4v) is 2.79. The lowest BCUT2D eigenvalue weighted by Gasteiger charge is -2.08. The standard InChI is InChI=1S/C21H22N4O2/c1-14-2-4-16(5-3-14)13-22-21(26)23-18-10-6-15(7-11-18)12-19-24-20(25-27-19)17-8-9-17/h2-7,10-11,17H,8-9,12-13H2,1H3,(H2,22,23,26). The largest absolute Gasteiger partial charge is 0.339 e. The van der Waals surface area contributed by atoms with Crippen molar-refractivity contribution >= 4 is 11.7 Å². The van der Waals surface area contributed by atoms with Gasteiger partial charge in [-0.15, -0.1) is 0 Å². The van der Waals surface area contributed by atoms with Gasteiger partial charge < -0.3 is 15.2 Å². The van der Waals surface area contributed by atoms with E-state index in [0.29, 0.717) is 24.8 Å². The maximum atomic E-state index is 12.0. The van der Waals surface area contributed by atoms with E-state index in [2.05, 4.69) is 20.8 Å². The SMILES string of the molecule is Cc1ccc(CNC(=O)Nc2ccc(Cc3nc(C4CC4)no3)cc2)cc1. The van der Waals surface area contributed by atoms with Gasteiger partial charge in [0.2, 0.25) is 5.89 Å². The predicted octanol–water partition coefficient (Wildman–Crippen LogP) is 4.17. The third-order valence-electron chi connectivity index (χ3n) is 4.57. The molecule has 27 heavy (non-hydrogen) atoms. The molecule has 0 atom stereocenters. The van der Waals surface area contributed by atoms with E-state index in [0.717, 1.165) is 35.5 Å². The molecule has 2 amide bonds. The molecule has 0 unspecified atom stereocenters. The van der Waals surface area contributed by atoms with Crippen molar-refractivity contribution in [3.05, 3.63) is 76.9 Å². The van der Waals surface area contributed by atoms with Gasteiger partial charge in [0, 0.05) is 18.2 Å². The number of carbonyl (C=O) groups excluding carboxylic acids is 1. The molecule has 0 aliphatic heterocycles. The summed E-state index contributed by atoms with van der Waals surface area (Å²) in [5, 5.41) is 9.73. The van der Waals surface area contributed by atoms with E-state index >= 15 is 0 Å². The van der Waals surface area contributed by atoms with Gasteiger partial charge in [-0.25, -0.2) is 4.79 Å². The summed E-state index contributed by atoms with van der Waals surface area (Å²) in [7, 11) is 0. The van der Waals surface area contributed by atoms with Crippen LogP contribution in [-0.4, -0.2) is 16.2 Å². The van der Waals surface area contributed by atoms with Crippen molar-refractivity contribution in [3.63, 3.8) is 0 Å². The Morgan fingerprint density at radius 1 is 1.07 bits per heavy atom. The van der Waals surface area contributed by atoms with Crippen LogP contribution in [0.5, 0.6) is 0 Å². The molecule has 1 aromatic heterocycles. The Balaban J connectivity index is 1.27. The maximum absolute atomic E-state index is 12.0. The summed E-state index contributed by atoms with van der Waals surface area (Å²) < 4.78 is 5.31. The number of hydrogen-bond donors (Lipinski definition) is 2. The predicted molar refractivity (Wildman–Crippen MR) is 103 cm³/mol. The first kappa shape index (κ1) is 17.3. The van der Waals surface area contributed by atoms with Gasteiger partial charge in [-0.2, -0.15) is 4.98 Å². The van der Waals surface area contributed by atoms with Gasteiger partial charge in [0.1, 0.15) is 0 Å². The van der Waals surface area contributed by atoms with Crippen molar-refractivity contribution < 1.29 is 9.32 Å². The smallest absolute Gasteiger partial charge is 0.319 e. The Labute approximate surface area is 158 Å². The Kier molecular flexibility index (Phi) is 4.87. The second-order valence-corrected chi connectivity index (χ2v) is 6.99. The third kappa shape index (κ3) is 4.73. The topological polar surface area (TPSA) is 80.0 Å². The molecule has 2 N–H and O–H groups in total. The highest BCUT2D eigenvalue weighted by atomic mass is 16.5. The zero-order chi connectivity index (χ0) is 18.6. The molecule has 4 rings (SSSR count). The summed E-state index contributed by atoms with van der Waals surface area (Å²) in [6, 6.07) is 15.5. The van der Waals surface area contributed by atoms with Gasteiger partial charge in [-0.05, 0) is 43.0 Å². The first-order chi connectivity index (χ1) is 13.2. The van der Waals surface area contributed by atoms with E-state index in [1.165, 1.54) is 5.56 Å². The van der Waals surface area contributed by atoms with Crippen LogP contribution in [0.25, 0.3) is 0 Å². The molecule has 138 valence electrons. The van der Waals surface area contributed by atoms with Crippen LogP contribution in [0.4, 0.5) is 10.5 Å². The Bertz CT molecular complexity index is 912. The molecule has 1 fully saturated rings. The number of carbonyl (C=O) groups is 1. The molecular weight excluding hydrogens is 340 g/mol. The number of hydrogen-bond acceptors (Lipinski definition) is 4. The highest BCUT2D eigenvalue weighted by Gasteiger charge is 2.28. The van der Waals surface area contributed by atoms with Crippen LogP contribution in [-0.2, 0) is 13.0 Å². The molecule has 0 radical (unpaired) electrons. The van der Waals surface area contributed by atoms with Gasteiger partial charge in [0.05, 0.1) is 6.42 Å². The van der Waals surface area contributed by atoms with Crippen LogP contribution in [0.1, 0.15) is 47.2 Å². The second-order valence-electron chi connectivity index (χ2n) is 6.99. The van der Waals surface area contributed by atoms with Crippen molar-refractivity contribution in [2.24, 2.45) is 0 Å². The monoisotopic (exact) mass is 362 g/mol. The number of nitrogens with zero attached hydrogens (tertiary/aromatic N) is 2. The van der Waals surface area contributed by atoms with Crippen molar-refractivity contribution in [3.8, 4) is 0 Å². The number of amides is 2. The quantitative estimate of drug-likeness (QED) is 0.690. The van der Waals surface area contributed by atoms with Gasteiger partial charge in [0.25, 0.3) is 0 Å². The zero-order valence-corrected chi connectivity index (χ0v) is 15.2. The second kappa shape index (κ2) is 7.61. The van der Waals surface area contributed by atoms with E-state index in [1.807, 2.05) is 55.5 Å². The molecular formula is C21H22N4O2. The number of benzene rings is 2. The summed E-state index contributed by atoms with van der Waals surface area (Å²) in [6.07, 6.45) is 2.91. The van der Waals surface area contributed by atoms with Crippen LogP contribution in [0.2, 0.25) is 0 Å². The normalized spacial score (nSPS) is 13.4. The lowest BCUT2D eigenvalue weighted by atomic mass is 10.1. The number of rotatable bonds is 6. The van der Waals surface area contributed by atoms with Crippen molar-refractivity contribution in [1.82, 2.24) is 15.5 Å². The van der Waals surface area contributed by atoms with Gasteiger partial charge >= 0.3 is 6.03 Å². The van der Waals surface area contributed by atoms with E-state index in [1.54, 1.807) is 0 Å². The molecule has 3 aromatic rings. The van der Waals surface area contributed by atoms with Crippen molar-refractivity contribution in [2.45, 2.75) is 38.6 Å². The average molecular weight is 362 g/mol. The molecule has 1 heterocycles. The van der Waals surface area contributed by atoms with Gasteiger partial charge in [0.15, 0.2) is 5.82 Å². The first-order valence-corrected chi connectivity index (χ1v) is 9.17. The number of anilines is 1. The van der Waals surface area contributed by atoms with E-state index in [9.17, 15) is 4.79 Å². The minimum atomic E-state index is -0.227. The lowest BCUT2D eigenvalue weighted by molar-refractivity contribution is 0.251. The van der Waals surface area contributed by atoms with Crippen LogP contribution < -0.4 is 10.6 Å². The van der Waals surface area contributed by atoms with Crippen LogP contribution in [0.3, 0.4) is 0 Å². The molecule has 2 aromatic carbocycles. The zero-order valence-electron chi connectivity index (χ0n) is 15.2. The lowest BCUT2D eigenvalue weighted by Crippen LogP contribution is -2.28. The molecule has 6 nitrogen and oxygen atoms in total. The first-order valence-electron chi connectivity index (χ1n) is 9.17. The summed E-state index contributed by atoms with van der Waals surface area (Å²) >= 11 is 0. The summed E-state index contributed by atoms with van der Waals surface area (Å²) in [5.41, 5.74) is 4.07. The fourth-order valence-electron chi connectivity index (χ4n) is 2.79. The van der Waals surface area contributed by atoms with E-state index < -0.39 is 0 Å². The summed E-state index contributed by atoms with van der Waals surface area (Å²) in [5.74, 6) is 1.95. The van der Waals surface area contributed by atoms with Crippen LogP contribution in [0, 0.1) is 6.92 Å². The van der Waals surface area contributed by atoms with Crippen LogP contribution in [0.15, 0.2) is 53.1 Å². The fraction of sp³-hybridized carbons (Fsp3) is 0.286. The minimum Gasteiger partial charge on any atom is -0.339 e. The maximum Gasteiger partial charge on any atom is 0.319 e. The molecule has 6 heteroatoms. The van der Waals surface area contributed by atoms with Crippen molar-refractivity contribution in [1.29, 1.82) is 0 Å². The van der Waals surface area contributed by atoms with Crippen molar-refractivity contribution in [2.75, 3.05) is 5.32 Å². The number of aromatic nitrogens is 2. The minimum absolute atomic E-state index is 0.227. The Hall–Kier alpha value is -3.15. The Morgan fingerprint density at radius 2 is 1.78 bits per heavy atom. The molecule has 0 bridgehead atoms. The average Bonchev–Trinajstić information content (AvgIpc) is 3.42. The highest BCUT2D eigenvalue weighted by molar-refractivity contribution is 5.89. The van der Waals surface area contributed by atoms with Gasteiger partial charge in [-0.3, -0.25) is 0 Å². The summed E-state index contributed by atoms with van der Waals surface area (Å²) in [6.45, 7) is 2.53. The molecule has 1 saturated carbocycles. The number of aryl methyl sites for hydroxylation is 1. The third-order valence-corrected chi connectivity index (χ3v) is 4.57. The molecule has 1 aliphatic rings. The molecule has 0 saturated heterocycles. The molecule has 0 spiro atoms. The molecule has 1 aliphatic carbocycles. The number of nitrogens with one attached hydrogen (secondary N) is 2.